The minimum Gasteiger partial charge on any atom is -0.508 e. The lowest BCUT2D eigenvalue weighted by atomic mass is 10.0. The van der Waals surface area contributed by atoms with Gasteiger partial charge in [-0.25, -0.2) is 0 Å². The zero-order chi connectivity index (χ0) is 18.8. The number of benzene rings is 1. The van der Waals surface area contributed by atoms with Crippen molar-refractivity contribution in [2.75, 3.05) is 38.1 Å². The SMILES string of the molecule is C=Cc1[nH]ncc1-c1cnc(-c2ccc(O)cc2)cc1N1CCN(C)CC1. The topological polar surface area (TPSA) is 68.3 Å². The molecule has 1 aliphatic heterocycles. The first-order chi connectivity index (χ1) is 13.2. The summed E-state index contributed by atoms with van der Waals surface area (Å²) in [5.41, 5.74) is 5.95. The lowest BCUT2D eigenvalue weighted by molar-refractivity contribution is 0.313. The number of aromatic nitrogens is 3. The average molecular weight is 361 g/mol. The van der Waals surface area contributed by atoms with Gasteiger partial charge in [0.2, 0.25) is 0 Å². The number of hydrogen-bond donors (Lipinski definition) is 2. The molecule has 0 aliphatic carbocycles. The third kappa shape index (κ3) is 3.44. The fourth-order valence-electron chi connectivity index (χ4n) is 3.42. The molecule has 1 saturated heterocycles. The summed E-state index contributed by atoms with van der Waals surface area (Å²) in [6.45, 7) is 7.85. The Hall–Kier alpha value is -3.12. The smallest absolute Gasteiger partial charge is 0.115 e. The van der Waals surface area contributed by atoms with E-state index < -0.39 is 0 Å². The molecule has 1 fully saturated rings. The van der Waals surface area contributed by atoms with Crippen molar-refractivity contribution in [1.82, 2.24) is 20.1 Å². The van der Waals surface area contributed by atoms with Crippen molar-refractivity contribution in [1.29, 1.82) is 0 Å². The molecule has 138 valence electrons. The Balaban J connectivity index is 1.81. The molecule has 2 aromatic heterocycles. The quantitative estimate of drug-likeness (QED) is 0.747. The Morgan fingerprint density at radius 2 is 1.81 bits per heavy atom. The number of piperazine rings is 1. The highest BCUT2D eigenvalue weighted by atomic mass is 16.3. The summed E-state index contributed by atoms with van der Waals surface area (Å²) in [5.74, 6) is 0.253. The fraction of sp³-hybridized carbons (Fsp3) is 0.238. The Kier molecular flexibility index (Phi) is 4.64. The van der Waals surface area contributed by atoms with Crippen LogP contribution in [0.5, 0.6) is 5.75 Å². The van der Waals surface area contributed by atoms with Crippen LogP contribution in [0.1, 0.15) is 5.69 Å². The summed E-state index contributed by atoms with van der Waals surface area (Å²) < 4.78 is 0. The van der Waals surface area contributed by atoms with Crippen LogP contribution >= 0.6 is 0 Å². The second-order valence-corrected chi connectivity index (χ2v) is 6.83. The van der Waals surface area contributed by atoms with Crippen molar-refractivity contribution < 1.29 is 5.11 Å². The summed E-state index contributed by atoms with van der Waals surface area (Å²) in [4.78, 5) is 9.43. The number of phenols is 1. The van der Waals surface area contributed by atoms with Gasteiger partial charge in [-0.05, 0) is 43.5 Å². The first kappa shape index (κ1) is 17.3. The Labute approximate surface area is 158 Å². The van der Waals surface area contributed by atoms with Gasteiger partial charge in [0.05, 0.1) is 17.6 Å². The molecule has 0 radical (unpaired) electrons. The molecule has 0 saturated carbocycles. The van der Waals surface area contributed by atoms with E-state index in [1.165, 1.54) is 0 Å². The number of aromatic amines is 1. The van der Waals surface area contributed by atoms with Gasteiger partial charge in [0.15, 0.2) is 0 Å². The van der Waals surface area contributed by atoms with Gasteiger partial charge in [-0.1, -0.05) is 6.58 Å². The second kappa shape index (κ2) is 7.25. The number of phenolic OH excluding ortho intramolecular Hbond substituents is 1. The number of nitrogens with zero attached hydrogens (tertiary/aromatic N) is 4. The molecule has 2 N–H and O–H groups in total. The van der Waals surface area contributed by atoms with Crippen molar-refractivity contribution in [2.45, 2.75) is 0 Å². The van der Waals surface area contributed by atoms with E-state index in [1.54, 1.807) is 18.2 Å². The molecular formula is C21H23N5O. The molecule has 1 aromatic carbocycles. The predicted octanol–water partition coefficient (Wildman–Crippen LogP) is 3.24. The standard InChI is InChI=1S/C21H23N5O/c1-3-19-17(14-23-24-19)18-13-22-20(15-4-6-16(27)7-5-15)12-21(18)26-10-8-25(2)9-11-26/h3-7,12-14,27H,1,8-11H2,2H3,(H,23,24). The van der Waals surface area contributed by atoms with Crippen molar-refractivity contribution >= 4 is 11.8 Å². The highest BCUT2D eigenvalue weighted by molar-refractivity contribution is 5.84. The molecule has 0 amide bonds. The second-order valence-electron chi connectivity index (χ2n) is 6.83. The van der Waals surface area contributed by atoms with Gasteiger partial charge >= 0.3 is 0 Å². The maximum atomic E-state index is 9.56. The number of hydrogen-bond acceptors (Lipinski definition) is 5. The largest absolute Gasteiger partial charge is 0.508 e. The van der Waals surface area contributed by atoms with Gasteiger partial charge in [0.25, 0.3) is 0 Å². The van der Waals surface area contributed by atoms with Crippen LogP contribution in [-0.4, -0.2) is 58.4 Å². The molecule has 0 spiro atoms. The molecular weight excluding hydrogens is 338 g/mol. The zero-order valence-electron chi connectivity index (χ0n) is 15.4. The molecule has 3 heterocycles. The van der Waals surface area contributed by atoms with E-state index in [-0.39, 0.29) is 5.75 Å². The Morgan fingerprint density at radius 3 is 2.52 bits per heavy atom. The molecule has 27 heavy (non-hydrogen) atoms. The molecule has 6 nitrogen and oxygen atoms in total. The van der Waals surface area contributed by atoms with Crippen molar-refractivity contribution in [3.05, 3.63) is 55.0 Å². The van der Waals surface area contributed by atoms with E-state index in [0.717, 1.165) is 59.9 Å². The van der Waals surface area contributed by atoms with Crippen LogP contribution < -0.4 is 4.90 Å². The molecule has 0 atom stereocenters. The number of aromatic hydroxyl groups is 1. The maximum Gasteiger partial charge on any atom is 0.115 e. The number of anilines is 1. The van der Waals surface area contributed by atoms with E-state index in [2.05, 4.69) is 44.7 Å². The number of H-pyrrole nitrogens is 1. The molecule has 4 rings (SSSR count). The average Bonchev–Trinajstić information content (AvgIpc) is 3.17. The van der Waals surface area contributed by atoms with Crippen LogP contribution in [0.4, 0.5) is 5.69 Å². The van der Waals surface area contributed by atoms with Crippen molar-refractivity contribution in [3.8, 4) is 28.1 Å². The lowest BCUT2D eigenvalue weighted by Gasteiger charge is -2.35. The first-order valence-electron chi connectivity index (χ1n) is 9.05. The summed E-state index contributed by atoms with van der Waals surface area (Å²) in [6.07, 6.45) is 5.52. The highest BCUT2D eigenvalue weighted by Gasteiger charge is 2.20. The van der Waals surface area contributed by atoms with E-state index in [4.69, 9.17) is 0 Å². The van der Waals surface area contributed by atoms with Crippen LogP contribution in [0.25, 0.3) is 28.5 Å². The molecule has 6 heteroatoms. The molecule has 0 bridgehead atoms. The highest BCUT2D eigenvalue weighted by Crippen LogP contribution is 2.35. The minimum absolute atomic E-state index is 0.253. The van der Waals surface area contributed by atoms with Gasteiger partial charge < -0.3 is 14.9 Å². The number of nitrogens with one attached hydrogen (secondary N) is 1. The monoisotopic (exact) mass is 361 g/mol. The van der Waals surface area contributed by atoms with Crippen LogP contribution in [0.3, 0.4) is 0 Å². The number of likely N-dealkylation sites (N-methyl/N-ethyl adjacent to an activating group) is 1. The third-order valence-electron chi connectivity index (χ3n) is 5.05. The van der Waals surface area contributed by atoms with Gasteiger partial charge in [0, 0.05) is 54.8 Å². The summed E-state index contributed by atoms with van der Waals surface area (Å²) >= 11 is 0. The van der Waals surface area contributed by atoms with Gasteiger partial charge in [-0.2, -0.15) is 5.10 Å². The maximum absolute atomic E-state index is 9.56. The zero-order valence-corrected chi connectivity index (χ0v) is 15.4. The molecule has 1 aliphatic rings. The van der Waals surface area contributed by atoms with Gasteiger partial charge in [-0.15, -0.1) is 0 Å². The van der Waals surface area contributed by atoms with E-state index in [1.807, 2.05) is 24.5 Å². The minimum atomic E-state index is 0.253. The fourth-order valence-corrected chi connectivity index (χ4v) is 3.42. The van der Waals surface area contributed by atoms with Crippen LogP contribution in [0, 0.1) is 0 Å². The lowest BCUT2D eigenvalue weighted by Crippen LogP contribution is -2.44. The van der Waals surface area contributed by atoms with Gasteiger partial charge in [0.1, 0.15) is 5.75 Å². The summed E-state index contributed by atoms with van der Waals surface area (Å²) in [6, 6.07) is 9.28. The molecule has 0 unspecified atom stereocenters. The van der Waals surface area contributed by atoms with Gasteiger partial charge in [-0.3, -0.25) is 10.1 Å². The van der Waals surface area contributed by atoms with E-state index in [9.17, 15) is 5.11 Å². The van der Waals surface area contributed by atoms with E-state index >= 15 is 0 Å². The summed E-state index contributed by atoms with van der Waals surface area (Å²) in [5, 5.41) is 16.7. The third-order valence-corrected chi connectivity index (χ3v) is 5.05. The van der Waals surface area contributed by atoms with Crippen LogP contribution in [-0.2, 0) is 0 Å². The van der Waals surface area contributed by atoms with Crippen LogP contribution in [0.2, 0.25) is 0 Å². The Bertz CT molecular complexity index is 939. The normalized spacial score (nSPS) is 15.1. The van der Waals surface area contributed by atoms with Crippen molar-refractivity contribution in [3.63, 3.8) is 0 Å². The first-order valence-corrected chi connectivity index (χ1v) is 9.05. The van der Waals surface area contributed by atoms with E-state index in [0.29, 0.717) is 0 Å². The Morgan fingerprint density at radius 1 is 1.07 bits per heavy atom. The predicted molar refractivity (Wildman–Crippen MR) is 109 cm³/mol. The number of pyridine rings is 1. The van der Waals surface area contributed by atoms with Crippen molar-refractivity contribution in [2.24, 2.45) is 0 Å². The van der Waals surface area contributed by atoms with Crippen LogP contribution in [0.15, 0.2) is 49.3 Å². The number of rotatable bonds is 4. The summed E-state index contributed by atoms with van der Waals surface area (Å²) in [7, 11) is 2.15. The molecule has 3 aromatic rings.